The largest absolute Gasteiger partial charge is 0.392 e. The van der Waals surface area contributed by atoms with Crippen molar-refractivity contribution in [1.29, 1.82) is 5.26 Å². The Kier molecular flexibility index (Phi) is 8.73. The van der Waals surface area contributed by atoms with Crippen LogP contribution < -0.4 is 15.9 Å². The number of carbonyl (C=O) groups is 2. The van der Waals surface area contributed by atoms with Crippen LogP contribution in [0.5, 0.6) is 0 Å². The molecule has 12 nitrogen and oxygen atoms in total. The maximum absolute atomic E-state index is 15.8. The molecule has 50 heavy (non-hydrogen) atoms. The molecule has 1 saturated heterocycles. The number of imidazole rings is 1. The number of hydrogen-bond donors (Lipinski definition) is 3. The number of aromatic nitrogens is 3. The first kappa shape index (κ1) is 34.7. The number of amides is 2. The molecule has 4 aromatic rings. The summed E-state index contributed by atoms with van der Waals surface area (Å²) in [5.41, 5.74) is -0.448. The highest BCUT2D eigenvalue weighted by molar-refractivity contribution is 6.21. The van der Waals surface area contributed by atoms with Gasteiger partial charge in [-0.1, -0.05) is 19.1 Å². The van der Waals surface area contributed by atoms with Gasteiger partial charge in [0.25, 0.3) is 17.7 Å². The first-order valence-electron chi connectivity index (χ1n) is 16.1. The molecule has 3 atom stereocenters. The quantitative estimate of drug-likeness (QED) is 0.219. The number of hydrogen-bond acceptors (Lipinski definition) is 9. The smallest absolute Gasteiger partial charge is 0.329 e. The number of alkyl halides is 2. The lowest BCUT2D eigenvalue weighted by Gasteiger charge is -2.45. The van der Waals surface area contributed by atoms with Crippen molar-refractivity contribution in [3.05, 3.63) is 81.5 Å². The Bertz CT molecular complexity index is 2080. The van der Waals surface area contributed by atoms with Crippen molar-refractivity contribution in [2.75, 3.05) is 23.3 Å². The molecule has 2 aliphatic rings. The zero-order valence-corrected chi connectivity index (χ0v) is 27.8. The Morgan fingerprint density at radius 3 is 2.32 bits per heavy atom. The van der Waals surface area contributed by atoms with Gasteiger partial charge in [0.05, 0.1) is 46.0 Å². The van der Waals surface area contributed by atoms with Crippen molar-refractivity contribution in [3.8, 4) is 6.07 Å². The van der Waals surface area contributed by atoms with Crippen LogP contribution in [0.2, 0.25) is 0 Å². The van der Waals surface area contributed by atoms with Crippen molar-refractivity contribution in [2.24, 2.45) is 5.92 Å². The molecule has 2 aromatic heterocycles. The molecule has 2 amide bonds. The zero-order chi connectivity index (χ0) is 36.3. The predicted octanol–water partition coefficient (Wildman–Crippen LogP) is 4.25. The van der Waals surface area contributed by atoms with Gasteiger partial charge in [-0.05, 0) is 63.6 Å². The molecular formula is C35H36F3N7O5. The Balaban J connectivity index is 1.36. The molecule has 2 aliphatic heterocycles. The van der Waals surface area contributed by atoms with Crippen LogP contribution in [0.1, 0.15) is 60.4 Å². The maximum atomic E-state index is 15.8. The highest BCUT2D eigenvalue weighted by atomic mass is 19.3. The summed E-state index contributed by atoms with van der Waals surface area (Å²) >= 11 is 0. The number of fused-ring (bicyclic) bond motifs is 2. The van der Waals surface area contributed by atoms with Crippen LogP contribution >= 0.6 is 0 Å². The Labute approximate surface area is 285 Å². The van der Waals surface area contributed by atoms with Crippen molar-refractivity contribution in [3.63, 3.8) is 0 Å². The SMILES string of the molecule is C[C@H](O)Cn1c(=O)n(CCC(C)(C)O)c2cc(Nc3nc(N4C[C@H](C)C(F)(F)[C@H](N5C(=O)c6ccccc6C5=O)C4)c(C#N)cc3F)ccc21. The number of imide groups is 1. The molecule has 0 saturated carbocycles. The van der Waals surface area contributed by atoms with Crippen LogP contribution in [0.3, 0.4) is 0 Å². The number of nitriles is 1. The number of aliphatic hydroxyl groups is 2. The Morgan fingerprint density at radius 2 is 1.72 bits per heavy atom. The van der Waals surface area contributed by atoms with E-state index in [2.05, 4.69) is 10.3 Å². The zero-order valence-electron chi connectivity index (χ0n) is 27.8. The first-order valence-corrected chi connectivity index (χ1v) is 16.1. The summed E-state index contributed by atoms with van der Waals surface area (Å²) in [6.07, 6.45) is -0.592. The number of halogens is 3. The summed E-state index contributed by atoms with van der Waals surface area (Å²) in [6, 6.07) is 11.5. The number of benzene rings is 2. The van der Waals surface area contributed by atoms with E-state index in [1.165, 1.54) is 45.2 Å². The second-order valence-electron chi connectivity index (χ2n) is 13.6. The number of piperidine rings is 1. The van der Waals surface area contributed by atoms with E-state index >= 15 is 13.2 Å². The molecule has 1 fully saturated rings. The molecule has 262 valence electrons. The van der Waals surface area contributed by atoms with Gasteiger partial charge in [0.15, 0.2) is 11.6 Å². The maximum Gasteiger partial charge on any atom is 0.329 e. The molecule has 3 N–H and O–H groups in total. The molecule has 2 aromatic carbocycles. The van der Waals surface area contributed by atoms with E-state index in [9.17, 15) is 29.9 Å². The number of anilines is 3. The number of nitrogens with zero attached hydrogens (tertiary/aromatic N) is 6. The van der Waals surface area contributed by atoms with E-state index in [-0.39, 0.29) is 54.4 Å². The van der Waals surface area contributed by atoms with Crippen molar-refractivity contribution < 1.29 is 33.0 Å². The summed E-state index contributed by atoms with van der Waals surface area (Å²) < 4.78 is 49.9. The molecule has 0 radical (unpaired) electrons. The normalized spacial score (nSPS) is 19.5. The van der Waals surface area contributed by atoms with E-state index in [0.717, 1.165) is 6.07 Å². The van der Waals surface area contributed by atoms with Gasteiger partial charge in [-0.15, -0.1) is 0 Å². The lowest BCUT2D eigenvalue weighted by atomic mass is 9.89. The van der Waals surface area contributed by atoms with Crippen LogP contribution in [0.25, 0.3) is 11.0 Å². The third-order valence-electron chi connectivity index (χ3n) is 9.18. The molecule has 0 aliphatic carbocycles. The number of carbonyl (C=O) groups excluding carboxylic acids is 2. The third-order valence-corrected chi connectivity index (χ3v) is 9.18. The lowest BCUT2D eigenvalue weighted by Crippen LogP contribution is -2.64. The number of rotatable bonds is 9. The summed E-state index contributed by atoms with van der Waals surface area (Å²) in [6.45, 7) is 5.33. The van der Waals surface area contributed by atoms with Gasteiger partial charge in [0, 0.05) is 31.2 Å². The van der Waals surface area contributed by atoms with E-state index in [4.69, 9.17) is 0 Å². The average molecular weight is 692 g/mol. The minimum absolute atomic E-state index is 0.0157. The second-order valence-corrected chi connectivity index (χ2v) is 13.6. The minimum atomic E-state index is -3.49. The Morgan fingerprint density at radius 1 is 1.06 bits per heavy atom. The van der Waals surface area contributed by atoms with Gasteiger partial charge >= 0.3 is 5.69 Å². The molecule has 0 unspecified atom stereocenters. The van der Waals surface area contributed by atoms with E-state index in [1.807, 2.05) is 6.07 Å². The molecule has 15 heteroatoms. The summed E-state index contributed by atoms with van der Waals surface area (Å²) in [7, 11) is 0. The lowest BCUT2D eigenvalue weighted by molar-refractivity contribution is -0.111. The summed E-state index contributed by atoms with van der Waals surface area (Å²) in [4.78, 5) is 46.1. The highest BCUT2D eigenvalue weighted by Gasteiger charge is 2.57. The van der Waals surface area contributed by atoms with Gasteiger partial charge in [-0.3, -0.25) is 23.6 Å². The molecular weight excluding hydrogens is 655 g/mol. The molecule has 4 heterocycles. The van der Waals surface area contributed by atoms with Crippen LogP contribution in [0.15, 0.2) is 53.3 Å². The topological polar surface area (TPSA) is 157 Å². The average Bonchev–Trinajstić information content (AvgIpc) is 3.45. The van der Waals surface area contributed by atoms with Gasteiger partial charge < -0.3 is 20.4 Å². The standard InChI is InChI=1S/C35H36F3N7O5/c1-19-16-42(18-28(35(19,37)38)45-31(47)23-7-5-6-8-24(23)32(45)48)30-21(15-39)13-25(36)29(41-30)40-22-9-10-26-27(14-22)43(12-11-34(3,4)50)33(49)44(26)17-20(2)46/h5-10,13-14,19-20,28,46,50H,11-12,16-18H2,1-4H3,(H,40,41)/t19-,20-,28+/m0/s1. The first-order chi connectivity index (χ1) is 23.5. The molecule has 6 rings (SSSR count). The summed E-state index contributed by atoms with van der Waals surface area (Å²) in [5.74, 6) is -7.95. The fraction of sp³-hybridized carbons (Fsp3) is 0.400. The van der Waals surface area contributed by atoms with Crippen molar-refractivity contribution in [1.82, 2.24) is 19.0 Å². The van der Waals surface area contributed by atoms with Crippen LogP contribution in [0, 0.1) is 23.1 Å². The Hall–Kier alpha value is -5.20. The van der Waals surface area contributed by atoms with E-state index < -0.39 is 59.5 Å². The number of aryl methyl sites for hydroxylation is 1. The number of aliphatic hydroxyl groups excluding tert-OH is 1. The fourth-order valence-electron chi connectivity index (χ4n) is 6.57. The number of pyridine rings is 1. The predicted molar refractivity (Wildman–Crippen MR) is 178 cm³/mol. The van der Waals surface area contributed by atoms with E-state index in [1.54, 1.807) is 39.0 Å². The highest BCUT2D eigenvalue weighted by Crippen LogP contribution is 2.41. The minimum Gasteiger partial charge on any atom is -0.392 e. The van der Waals surface area contributed by atoms with Gasteiger partial charge in [-0.25, -0.2) is 22.9 Å². The van der Waals surface area contributed by atoms with Crippen molar-refractivity contribution in [2.45, 2.75) is 70.9 Å². The van der Waals surface area contributed by atoms with Gasteiger partial charge in [0.1, 0.15) is 17.9 Å². The van der Waals surface area contributed by atoms with Crippen LogP contribution in [0.4, 0.5) is 30.5 Å². The second kappa shape index (κ2) is 12.6. The monoisotopic (exact) mass is 691 g/mol. The van der Waals surface area contributed by atoms with Crippen molar-refractivity contribution >= 4 is 40.2 Å². The third kappa shape index (κ3) is 6.09. The number of nitrogens with one attached hydrogen (secondary N) is 1. The molecule has 0 spiro atoms. The van der Waals surface area contributed by atoms with Gasteiger partial charge in [0.2, 0.25) is 0 Å². The van der Waals surface area contributed by atoms with Gasteiger partial charge in [-0.2, -0.15) is 5.26 Å². The van der Waals surface area contributed by atoms with E-state index in [0.29, 0.717) is 21.6 Å². The summed E-state index contributed by atoms with van der Waals surface area (Å²) in [5, 5.41) is 33.1. The molecule has 0 bridgehead atoms. The van der Waals surface area contributed by atoms with Crippen LogP contribution in [-0.2, 0) is 13.1 Å². The van der Waals surface area contributed by atoms with Crippen LogP contribution in [-0.4, -0.2) is 77.8 Å². The fourth-order valence-corrected chi connectivity index (χ4v) is 6.57.